The van der Waals surface area contributed by atoms with Gasteiger partial charge in [0.2, 0.25) is 0 Å². The molecule has 0 radical (unpaired) electrons. The predicted octanol–water partition coefficient (Wildman–Crippen LogP) is 3.60. The molecule has 0 spiro atoms. The Bertz CT molecular complexity index is 808. The van der Waals surface area contributed by atoms with Crippen LogP contribution in [-0.4, -0.2) is 22.3 Å². The Labute approximate surface area is 135 Å². The minimum atomic E-state index is 0.732. The van der Waals surface area contributed by atoms with Crippen LogP contribution in [0.3, 0.4) is 0 Å². The maximum absolute atomic E-state index is 6.21. The zero-order chi connectivity index (χ0) is 16.4. The Kier molecular flexibility index (Phi) is 4.02. The molecule has 0 atom stereocenters. The Hall–Kier alpha value is -2.82. The molecule has 5 nitrogen and oxygen atoms in total. The van der Waals surface area contributed by atoms with Gasteiger partial charge >= 0.3 is 0 Å². The van der Waals surface area contributed by atoms with Crippen molar-refractivity contribution in [3.05, 3.63) is 47.8 Å². The van der Waals surface area contributed by atoms with Crippen LogP contribution >= 0.6 is 0 Å². The number of nitrogen functional groups attached to an aromatic ring is 1. The molecule has 5 heteroatoms. The fourth-order valence-corrected chi connectivity index (χ4v) is 2.85. The van der Waals surface area contributed by atoms with Crippen LogP contribution in [0.5, 0.6) is 5.75 Å². The molecule has 0 aliphatic rings. The first-order valence-electron chi connectivity index (χ1n) is 7.58. The van der Waals surface area contributed by atoms with E-state index in [2.05, 4.69) is 40.3 Å². The van der Waals surface area contributed by atoms with Crippen LogP contribution in [0.2, 0.25) is 0 Å². The quantitative estimate of drug-likeness (QED) is 0.722. The molecule has 0 bridgehead atoms. The second-order valence-corrected chi connectivity index (χ2v) is 5.42. The molecule has 2 aromatic carbocycles. The first-order chi connectivity index (χ1) is 11.2. The van der Waals surface area contributed by atoms with Gasteiger partial charge < -0.3 is 15.5 Å². The van der Waals surface area contributed by atoms with Gasteiger partial charge in [0.1, 0.15) is 12.1 Å². The van der Waals surface area contributed by atoms with Crippen LogP contribution in [0.25, 0.3) is 22.5 Å². The molecule has 0 amide bonds. The number of hydrogen-bond donors (Lipinski definition) is 2. The summed E-state index contributed by atoms with van der Waals surface area (Å²) < 4.78 is 5.26. The standard InChI is InChI=1S/C18H20N4O/c1-4-12-9-15(19)11(2)16(18-20-10-21-22-18)17(12)13-5-7-14(23-3)8-6-13/h5-10H,4,19H2,1-3H3,(H,20,21,22). The lowest BCUT2D eigenvalue weighted by atomic mass is 9.88. The number of anilines is 1. The lowest BCUT2D eigenvalue weighted by Crippen LogP contribution is -2.01. The maximum atomic E-state index is 6.21. The smallest absolute Gasteiger partial charge is 0.162 e. The van der Waals surface area contributed by atoms with Crippen LogP contribution in [-0.2, 0) is 6.42 Å². The van der Waals surface area contributed by atoms with Crippen LogP contribution in [0, 0.1) is 6.92 Å². The number of nitrogens with one attached hydrogen (secondary N) is 1. The number of methoxy groups -OCH3 is 1. The SMILES string of the molecule is CCc1cc(N)c(C)c(-c2nnc[nH]2)c1-c1ccc(OC)cc1. The van der Waals surface area contributed by atoms with Crippen LogP contribution in [0.1, 0.15) is 18.1 Å². The summed E-state index contributed by atoms with van der Waals surface area (Å²) in [5.74, 6) is 1.57. The molecule has 0 aliphatic heterocycles. The summed E-state index contributed by atoms with van der Waals surface area (Å²) in [5.41, 5.74) is 12.4. The average Bonchev–Trinajstić information content (AvgIpc) is 3.11. The van der Waals surface area contributed by atoms with E-state index in [-0.39, 0.29) is 0 Å². The van der Waals surface area contributed by atoms with Crippen molar-refractivity contribution < 1.29 is 4.74 Å². The summed E-state index contributed by atoms with van der Waals surface area (Å²) in [6.45, 7) is 4.14. The summed E-state index contributed by atoms with van der Waals surface area (Å²) in [6.07, 6.45) is 2.47. The summed E-state index contributed by atoms with van der Waals surface area (Å²) in [4.78, 5) is 3.10. The van der Waals surface area contributed by atoms with Gasteiger partial charge in [0.05, 0.1) is 7.11 Å². The fraction of sp³-hybridized carbons (Fsp3) is 0.222. The molecule has 3 aromatic rings. The number of hydrogen-bond acceptors (Lipinski definition) is 4. The number of nitrogens with zero attached hydrogens (tertiary/aromatic N) is 2. The molecule has 0 saturated carbocycles. The Morgan fingerprint density at radius 3 is 2.48 bits per heavy atom. The summed E-state index contributed by atoms with van der Waals surface area (Å²) in [6, 6.07) is 10.1. The van der Waals surface area contributed by atoms with Gasteiger partial charge in [-0.1, -0.05) is 19.1 Å². The van der Waals surface area contributed by atoms with E-state index in [1.807, 2.05) is 19.1 Å². The molecule has 0 unspecified atom stereocenters. The third-order valence-corrected chi connectivity index (χ3v) is 4.12. The lowest BCUT2D eigenvalue weighted by molar-refractivity contribution is 0.415. The zero-order valence-corrected chi connectivity index (χ0v) is 13.6. The molecule has 0 fully saturated rings. The number of aromatic amines is 1. The lowest BCUT2D eigenvalue weighted by Gasteiger charge is -2.18. The third-order valence-electron chi connectivity index (χ3n) is 4.12. The first kappa shape index (κ1) is 15.1. The van der Waals surface area contributed by atoms with Crippen LogP contribution in [0.4, 0.5) is 5.69 Å². The van der Waals surface area contributed by atoms with E-state index in [4.69, 9.17) is 10.5 Å². The van der Waals surface area contributed by atoms with E-state index in [1.165, 1.54) is 5.56 Å². The molecule has 0 aliphatic carbocycles. The average molecular weight is 308 g/mol. The highest BCUT2D eigenvalue weighted by molar-refractivity contribution is 5.88. The molecule has 1 heterocycles. The fourth-order valence-electron chi connectivity index (χ4n) is 2.85. The first-order valence-corrected chi connectivity index (χ1v) is 7.58. The molecule has 3 N–H and O–H groups in total. The zero-order valence-electron chi connectivity index (χ0n) is 13.6. The van der Waals surface area contributed by atoms with E-state index in [0.29, 0.717) is 0 Å². The predicted molar refractivity (Wildman–Crippen MR) is 92.3 cm³/mol. The number of nitrogens with two attached hydrogens (primary N) is 1. The molecular formula is C18H20N4O. The highest BCUT2D eigenvalue weighted by Gasteiger charge is 2.18. The summed E-state index contributed by atoms with van der Waals surface area (Å²) in [5, 5.41) is 8.12. The normalized spacial score (nSPS) is 10.7. The van der Waals surface area contributed by atoms with Crippen molar-refractivity contribution in [3.8, 4) is 28.3 Å². The van der Waals surface area contributed by atoms with E-state index in [0.717, 1.165) is 45.9 Å². The molecule has 0 saturated heterocycles. The van der Waals surface area contributed by atoms with Crippen molar-refractivity contribution >= 4 is 5.69 Å². The van der Waals surface area contributed by atoms with Crippen molar-refractivity contribution in [2.75, 3.05) is 12.8 Å². The molecule has 118 valence electrons. The van der Waals surface area contributed by atoms with Crippen molar-refractivity contribution in [1.82, 2.24) is 15.2 Å². The number of rotatable bonds is 4. The maximum Gasteiger partial charge on any atom is 0.162 e. The van der Waals surface area contributed by atoms with Crippen LogP contribution in [0.15, 0.2) is 36.7 Å². The minimum absolute atomic E-state index is 0.732. The van der Waals surface area contributed by atoms with Gasteiger partial charge in [-0.2, -0.15) is 0 Å². The van der Waals surface area contributed by atoms with Gasteiger partial charge in [0.15, 0.2) is 5.82 Å². The Balaban J connectivity index is 2.30. The Morgan fingerprint density at radius 1 is 1.17 bits per heavy atom. The van der Waals surface area contributed by atoms with Crippen molar-refractivity contribution in [2.45, 2.75) is 20.3 Å². The Morgan fingerprint density at radius 2 is 1.91 bits per heavy atom. The second-order valence-electron chi connectivity index (χ2n) is 5.42. The number of H-pyrrole nitrogens is 1. The van der Waals surface area contributed by atoms with E-state index >= 15 is 0 Å². The molecular weight excluding hydrogens is 288 g/mol. The number of aromatic nitrogens is 3. The van der Waals surface area contributed by atoms with Gasteiger partial charge in [-0.3, -0.25) is 0 Å². The second kappa shape index (κ2) is 6.12. The number of benzene rings is 2. The summed E-state index contributed by atoms with van der Waals surface area (Å²) >= 11 is 0. The molecule has 1 aromatic heterocycles. The van der Waals surface area contributed by atoms with E-state index in [1.54, 1.807) is 13.4 Å². The van der Waals surface area contributed by atoms with Crippen molar-refractivity contribution in [2.24, 2.45) is 0 Å². The van der Waals surface area contributed by atoms with Gasteiger partial charge in [0, 0.05) is 11.3 Å². The van der Waals surface area contributed by atoms with Crippen molar-refractivity contribution in [1.29, 1.82) is 0 Å². The van der Waals surface area contributed by atoms with E-state index < -0.39 is 0 Å². The third kappa shape index (κ3) is 2.65. The minimum Gasteiger partial charge on any atom is -0.497 e. The number of aryl methyl sites for hydroxylation is 1. The van der Waals surface area contributed by atoms with Gasteiger partial charge in [0.25, 0.3) is 0 Å². The van der Waals surface area contributed by atoms with Gasteiger partial charge in [-0.05, 0) is 53.8 Å². The topological polar surface area (TPSA) is 76.8 Å². The highest BCUT2D eigenvalue weighted by Crippen LogP contribution is 2.39. The van der Waals surface area contributed by atoms with Gasteiger partial charge in [-0.25, -0.2) is 0 Å². The number of ether oxygens (including phenoxy) is 1. The summed E-state index contributed by atoms with van der Waals surface area (Å²) in [7, 11) is 1.67. The molecule has 3 rings (SSSR count). The largest absolute Gasteiger partial charge is 0.497 e. The highest BCUT2D eigenvalue weighted by atomic mass is 16.5. The van der Waals surface area contributed by atoms with E-state index in [9.17, 15) is 0 Å². The van der Waals surface area contributed by atoms with Crippen molar-refractivity contribution in [3.63, 3.8) is 0 Å². The van der Waals surface area contributed by atoms with Gasteiger partial charge in [-0.15, -0.1) is 10.2 Å². The molecule has 23 heavy (non-hydrogen) atoms. The monoisotopic (exact) mass is 308 g/mol. The van der Waals surface area contributed by atoms with Crippen LogP contribution < -0.4 is 10.5 Å².